The average molecular weight is 513 g/mol. The molecule has 3 heteroatoms. The lowest BCUT2D eigenvalue weighted by Crippen LogP contribution is -2.30. The molecule has 4 aromatic carbocycles. The molecule has 3 nitrogen and oxygen atoms in total. The van der Waals surface area contributed by atoms with Gasteiger partial charge in [0.1, 0.15) is 29.4 Å². The van der Waals surface area contributed by atoms with Gasteiger partial charge in [0, 0.05) is 36.4 Å². The summed E-state index contributed by atoms with van der Waals surface area (Å²) in [7, 11) is 2.06. The maximum Gasteiger partial charge on any atom is 0.216 e. The third-order valence-electron chi connectivity index (χ3n) is 7.50. The van der Waals surface area contributed by atoms with E-state index in [0.29, 0.717) is 5.56 Å². The minimum absolute atomic E-state index is 0.501. The first-order valence-electron chi connectivity index (χ1n) is 14.4. The number of nitrogens with zero attached hydrogens (tertiary/aromatic N) is 1. The van der Waals surface area contributed by atoms with Gasteiger partial charge in [-0.3, -0.25) is 0 Å². The second kappa shape index (κ2) is 8.57. The average Bonchev–Trinajstić information content (AvgIpc) is 3.51. The van der Waals surface area contributed by atoms with Crippen molar-refractivity contribution in [2.45, 2.75) is 34.1 Å². The van der Waals surface area contributed by atoms with Crippen LogP contribution in [0.15, 0.2) is 100.0 Å². The highest BCUT2D eigenvalue weighted by atomic mass is 16.3. The lowest BCUT2D eigenvalue weighted by atomic mass is 9.87. The van der Waals surface area contributed by atoms with E-state index in [9.17, 15) is 0 Å². The second-order valence-electron chi connectivity index (χ2n) is 11.5. The lowest BCUT2D eigenvalue weighted by Gasteiger charge is -2.18. The quantitative estimate of drug-likeness (QED) is 0.221. The number of aryl methyl sites for hydroxylation is 2. The molecule has 0 aliphatic carbocycles. The fourth-order valence-electron chi connectivity index (χ4n) is 5.74. The van der Waals surface area contributed by atoms with Crippen LogP contribution in [0.4, 0.5) is 0 Å². The van der Waals surface area contributed by atoms with Gasteiger partial charge in [0.05, 0.1) is 5.56 Å². The third-order valence-corrected chi connectivity index (χ3v) is 7.50. The molecule has 0 spiro atoms. The van der Waals surface area contributed by atoms with Crippen molar-refractivity contribution in [2.75, 3.05) is 0 Å². The number of hydrogen-bond donors (Lipinski definition) is 0. The van der Waals surface area contributed by atoms with Crippen molar-refractivity contribution in [3.05, 3.63) is 102 Å². The first-order valence-corrected chi connectivity index (χ1v) is 13.4. The standard InChI is InChI=1S/C36H32NO2/c1-22-10-15-27-34-31(17-16-30-33(34)26-8-6-7-9-29(26)38-30)39-35(27)32(22)28-20-25(18-19-37(28)5)24-13-11-23(12-14-24)21-36(2,3)4/h6-20H,21H2,1-5H3/q+1/i21D2. The molecule has 192 valence electrons. The van der Waals surface area contributed by atoms with Crippen LogP contribution < -0.4 is 4.57 Å². The molecule has 3 aromatic heterocycles. The predicted molar refractivity (Wildman–Crippen MR) is 161 cm³/mol. The summed E-state index contributed by atoms with van der Waals surface area (Å²) < 4.78 is 32.2. The minimum atomic E-state index is -1.43. The van der Waals surface area contributed by atoms with E-state index in [1.54, 1.807) is 0 Å². The van der Waals surface area contributed by atoms with Gasteiger partial charge in [-0.25, -0.2) is 4.57 Å². The zero-order valence-electron chi connectivity index (χ0n) is 24.9. The maximum absolute atomic E-state index is 8.65. The molecule has 0 radical (unpaired) electrons. The van der Waals surface area contributed by atoms with Crippen LogP contribution in [-0.4, -0.2) is 0 Å². The lowest BCUT2D eigenvalue weighted by molar-refractivity contribution is -0.660. The highest BCUT2D eigenvalue weighted by molar-refractivity contribution is 6.26. The topological polar surface area (TPSA) is 30.2 Å². The van der Waals surface area contributed by atoms with E-state index in [4.69, 9.17) is 11.6 Å². The Morgan fingerprint density at radius 2 is 1.46 bits per heavy atom. The van der Waals surface area contributed by atoms with Crippen LogP contribution in [0.3, 0.4) is 0 Å². The van der Waals surface area contributed by atoms with Gasteiger partial charge in [-0.1, -0.05) is 75.4 Å². The normalized spacial score (nSPS) is 13.5. The number of para-hydroxylation sites is 1. The van der Waals surface area contributed by atoms with Crippen LogP contribution >= 0.6 is 0 Å². The maximum atomic E-state index is 8.65. The van der Waals surface area contributed by atoms with Crippen LogP contribution in [0.2, 0.25) is 0 Å². The number of benzene rings is 4. The summed E-state index contributed by atoms with van der Waals surface area (Å²) in [6, 6.07) is 28.7. The zero-order valence-corrected chi connectivity index (χ0v) is 22.9. The van der Waals surface area contributed by atoms with Gasteiger partial charge in [0.2, 0.25) is 5.69 Å². The number of rotatable bonds is 3. The van der Waals surface area contributed by atoms with Gasteiger partial charge < -0.3 is 8.83 Å². The van der Waals surface area contributed by atoms with Crippen molar-refractivity contribution in [1.82, 2.24) is 0 Å². The Balaban J connectivity index is 1.42. The van der Waals surface area contributed by atoms with Gasteiger partial charge in [-0.15, -0.1) is 0 Å². The number of pyridine rings is 1. The Bertz CT molecular complexity index is 2130. The molecular weight excluding hydrogens is 478 g/mol. The second-order valence-corrected chi connectivity index (χ2v) is 11.5. The van der Waals surface area contributed by atoms with E-state index >= 15 is 0 Å². The van der Waals surface area contributed by atoms with E-state index in [1.165, 1.54) is 0 Å². The molecule has 0 saturated heterocycles. The van der Waals surface area contributed by atoms with E-state index in [0.717, 1.165) is 71.8 Å². The van der Waals surface area contributed by atoms with Crippen LogP contribution in [0.1, 0.15) is 34.6 Å². The first kappa shape index (κ1) is 21.6. The number of aromatic nitrogens is 1. The molecule has 0 unspecified atom stereocenters. The van der Waals surface area contributed by atoms with Crippen molar-refractivity contribution >= 4 is 43.9 Å². The largest absolute Gasteiger partial charge is 0.456 e. The smallest absolute Gasteiger partial charge is 0.216 e. The highest BCUT2D eigenvalue weighted by Gasteiger charge is 2.23. The fourth-order valence-corrected chi connectivity index (χ4v) is 5.74. The Morgan fingerprint density at radius 1 is 0.744 bits per heavy atom. The molecule has 0 aliphatic heterocycles. The third kappa shape index (κ3) is 3.92. The van der Waals surface area contributed by atoms with Gasteiger partial charge in [-0.2, -0.15) is 0 Å². The monoisotopic (exact) mass is 512 g/mol. The first-order chi connectivity index (χ1) is 19.5. The van der Waals surface area contributed by atoms with Crippen LogP contribution in [-0.2, 0) is 13.4 Å². The summed E-state index contributed by atoms with van der Waals surface area (Å²) in [5.74, 6) is 0. The van der Waals surface area contributed by atoms with E-state index in [2.05, 4.69) is 55.1 Å². The van der Waals surface area contributed by atoms with Gasteiger partial charge in [-0.05, 0) is 59.2 Å². The molecule has 3 heterocycles. The van der Waals surface area contributed by atoms with Gasteiger partial charge in [0.25, 0.3) is 0 Å². The number of furan rings is 2. The van der Waals surface area contributed by atoms with Crippen molar-refractivity contribution in [3.63, 3.8) is 0 Å². The zero-order chi connectivity index (χ0) is 28.7. The van der Waals surface area contributed by atoms with E-state index < -0.39 is 11.8 Å². The molecule has 0 bridgehead atoms. The Morgan fingerprint density at radius 3 is 2.23 bits per heavy atom. The molecule has 0 saturated carbocycles. The predicted octanol–water partition coefficient (Wildman–Crippen LogP) is 9.54. The van der Waals surface area contributed by atoms with Crippen molar-refractivity contribution in [2.24, 2.45) is 12.5 Å². The Kier molecular flexibility index (Phi) is 4.74. The molecule has 0 amide bonds. The van der Waals surface area contributed by atoms with Crippen molar-refractivity contribution < 1.29 is 16.1 Å². The van der Waals surface area contributed by atoms with Crippen molar-refractivity contribution in [1.29, 1.82) is 0 Å². The summed E-state index contributed by atoms with van der Waals surface area (Å²) in [4.78, 5) is 0. The number of fused-ring (bicyclic) bond motifs is 7. The van der Waals surface area contributed by atoms with E-state index in [-0.39, 0.29) is 0 Å². The van der Waals surface area contributed by atoms with Crippen molar-refractivity contribution in [3.8, 4) is 22.4 Å². The SMILES string of the molecule is [2H]C([2H])(c1ccc(-c2cc[n+](C)c(-c3c(C)ccc4c3oc3ccc5oc6ccccc6c5c34)c2)cc1)C(C)(C)C. The summed E-state index contributed by atoms with van der Waals surface area (Å²) >= 11 is 0. The molecule has 7 rings (SSSR count). The van der Waals surface area contributed by atoms with Gasteiger partial charge in [0.15, 0.2) is 6.20 Å². The fraction of sp³-hybridized carbons (Fsp3) is 0.194. The van der Waals surface area contributed by atoms with Crippen LogP contribution in [0.5, 0.6) is 0 Å². The summed E-state index contributed by atoms with van der Waals surface area (Å²) in [5.41, 5.74) is 8.97. The molecule has 0 N–H and O–H groups in total. The summed E-state index contributed by atoms with van der Waals surface area (Å²) in [5, 5.41) is 4.31. The Hall–Kier alpha value is -4.37. The minimum Gasteiger partial charge on any atom is -0.456 e. The van der Waals surface area contributed by atoms with Crippen LogP contribution in [0.25, 0.3) is 66.3 Å². The summed E-state index contributed by atoms with van der Waals surface area (Å²) in [6.07, 6.45) is 0.648. The number of hydrogen-bond acceptors (Lipinski definition) is 2. The molecule has 0 atom stereocenters. The Labute approximate surface area is 231 Å². The molecule has 0 fully saturated rings. The van der Waals surface area contributed by atoms with E-state index in [1.807, 2.05) is 75.4 Å². The molecule has 7 aromatic rings. The summed E-state index contributed by atoms with van der Waals surface area (Å²) in [6.45, 7) is 7.93. The highest BCUT2D eigenvalue weighted by Crippen LogP contribution is 2.43. The molecular formula is C36H32NO2+. The molecule has 0 aliphatic rings. The van der Waals surface area contributed by atoms with Gasteiger partial charge >= 0.3 is 0 Å². The van der Waals surface area contributed by atoms with Crippen LogP contribution in [0, 0.1) is 12.3 Å². The molecule has 39 heavy (non-hydrogen) atoms.